The largest absolute Gasteiger partial charge is 0.418 e. The van der Waals surface area contributed by atoms with Gasteiger partial charge in [0.25, 0.3) is 5.91 Å². The molecule has 0 aliphatic carbocycles. The number of aliphatic imine (C=N–C) groups is 1. The van der Waals surface area contributed by atoms with E-state index >= 15 is 0 Å². The molecule has 0 atom stereocenters. The third kappa shape index (κ3) is 4.75. The molecule has 0 saturated carbocycles. The molecule has 0 aliphatic heterocycles. The first-order chi connectivity index (χ1) is 12.8. The predicted molar refractivity (Wildman–Crippen MR) is 102 cm³/mol. The Balaban J connectivity index is 1.82. The molecular formula is C19H12ClF3N2OS. The summed E-state index contributed by atoms with van der Waals surface area (Å²) >= 11 is 7.04. The van der Waals surface area contributed by atoms with Gasteiger partial charge in [-0.1, -0.05) is 35.9 Å². The van der Waals surface area contributed by atoms with Crippen molar-refractivity contribution >= 4 is 45.7 Å². The van der Waals surface area contributed by atoms with Crippen LogP contribution in [0.4, 0.5) is 23.9 Å². The van der Waals surface area contributed by atoms with Crippen molar-refractivity contribution in [2.24, 2.45) is 4.99 Å². The summed E-state index contributed by atoms with van der Waals surface area (Å²) in [5.41, 5.74) is -0.225. The first-order valence-electron chi connectivity index (χ1n) is 7.69. The van der Waals surface area contributed by atoms with Gasteiger partial charge in [-0.15, -0.1) is 11.3 Å². The Morgan fingerprint density at radius 1 is 1.07 bits per heavy atom. The molecule has 0 aliphatic rings. The van der Waals surface area contributed by atoms with Crippen molar-refractivity contribution in [2.75, 3.05) is 5.32 Å². The Morgan fingerprint density at radius 2 is 1.78 bits per heavy atom. The van der Waals surface area contributed by atoms with E-state index < -0.39 is 17.6 Å². The third-order valence-electron chi connectivity index (χ3n) is 3.57. The number of para-hydroxylation sites is 1. The number of hydrogen-bond donors (Lipinski definition) is 1. The van der Waals surface area contributed by atoms with E-state index in [2.05, 4.69) is 10.3 Å². The molecule has 1 N–H and O–H groups in total. The molecule has 3 aromatic rings. The van der Waals surface area contributed by atoms with Crippen LogP contribution in [0.3, 0.4) is 0 Å². The van der Waals surface area contributed by atoms with Crippen molar-refractivity contribution < 1.29 is 18.0 Å². The summed E-state index contributed by atoms with van der Waals surface area (Å²) < 4.78 is 39.2. The third-order valence-corrected chi connectivity index (χ3v) is 4.64. The molecule has 1 amide bonds. The van der Waals surface area contributed by atoms with Crippen molar-refractivity contribution in [1.29, 1.82) is 0 Å². The molecule has 2 aromatic carbocycles. The van der Waals surface area contributed by atoms with Gasteiger partial charge in [-0.3, -0.25) is 4.79 Å². The van der Waals surface area contributed by atoms with Crippen LogP contribution in [-0.4, -0.2) is 12.1 Å². The summed E-state index contributed by atoms with van der Waals surface area (Å²) in [5, 5.41) is 4.96. The molecule has 3 rings (SSSR count). The minimum atomic E-state index is -4.56. The summed E-state index contributed by atoms with van der Waals surface area (Å²) in [6, 6.07) is 13.3. The van der Waals surface area contributed by atoms with E-state index in [1.165, 1.54) is 35.6 Å². The maximum Gasteiger partial charge on any atom is 0.418 e. The van der Waals surface area contributed by atoms with E-state index in [1.54, 1.807) is 35.9 Å². The van der Waals surface area contributed by atoms with Crippen LogP contribution < -0.4 is 5.32 Å². The zero-order chi connectivity index (χ0) is 19.4. The van der Waals surface area contributed by atoms with Crippen LogP contribution >= 0.6 is 22.9 Å². The smallest absolute Gasteiger partial charge is 0.321 e. The molecule has 1 heterocycles. The van der Waals surface area contributed by atoms with Gasteiger partial charge in [-0.05, 0) is 41.3 Å². The topological polar surface area (TPSA) is 41.5 Å². The van der Waals surface area contributed by atoms with Gasteiger partial charge in [0, 0.05) is 11.2 Å². The minimum absolute atomic E-state index is 0.196. The number of halogens is 4. The lowest BCUT2D eigenvalue weighted by Gasteiger charge is -2.13. The van der Waals surface area contributed by atoms with Crippen molar-refractivity contribution in [3.05, 3.63) is 81.7 Å². The number of nitrogens with one attached hydrogen (secondary N) is 1. The lowest BCUT2D eigenvalue weighted by atomic mass is 10.1. The number of rotatable bonds is 4. The maximum atomic E-state index is 13.1. The minimum Gasteiger partial charge on any atom is -0.321 e. The summed E-state index contributed by atoms with van der Waals surface area (Å²) in [7, 11) is 0. The summed E-state index contributed by atoms with van der Waals surface area (Å²) in [6.07, 6.45) is -3.00. The molecule has 1 aromatic heterocycles. The van der Waals surface area contributed by atoms with Gasteiger partial charge in [-0.25, -0.2) is 4.99 Å². The van der Waals surface area contributed by atoms with Crippen molar-refractivity contribution in [3.8, 4) is 0 Å². The number of thiophene rings is 1. The molecule has 0 radical (unpaired) electrons. The maximum absolute atomic E-state index is 13.1. The van der Waals surface area contributed by atoms with Crippen LogP contribution in [0.5, 0.6) is 0 Å². The number of nitrogens with zero attached hydrogens (tertiary/aromatic N) is 1. The molecule has 138 valence electrons. The van der Waals surface area contributed by atoms with Gasteiger partial charge in [0.05, 0.1) is 16.8 Å². The van der Waals surface area contributed by atoms with Gasteiger partial charge in [0.1, 0.15) is 5.00 Å². The fraction of sp³-hybridized carbons (Fsp3) is 0.0526. The van der Waals surface area contributed by atoms with Crippen molar-refractivity contribution in [2.45, 2.75) is 6.18 Å². The van der Waals surface area contributed by atoms with Gasteiger partial charge < -0.3 is 5.32 Å². The lowest BCUT2D eigenvalue weighted by molar-refractivity contribution is -0.136. The van der Waals surface area contributed by atoms with E-state index in [9.17, 15) is 18.0 Å². The summed E-state index contributed by atoms with van der Waals surface area (Å²) in [6.45, 7) is 0. The Hall–Kier alpha value is -2.64. The second-order valence-electron chi connectivity index (χ2n) is 5.45. The van der Waals surface area contributed by atoms with Gasteiger partial charge >= 0.3 is 6.18 Å². The quantitative estimate of drug-likeness (QED) is 0.497. The number of benzene rings is 2. The van der Waals surface area contributed by atoms with Crippen molar-refractivity contribution in [1.82, 2.24) is 0 Å². The highest BCUT2D eigenvalue weighted by molar-refractivity contribution is 7.14. The lowest BCUT2D eigenvalue weighted by Crippen LogP contribution is -2.16. The molecule has 0 saturated heterocycles. The number of amides is 1. The second kappa shape index (κ2) is 7.94. The zero-order valence-electron chi connectivity index (χ0n) is 13.6. The molecule has 0 bridgehead atoms. The average molecular weight is 409 g/mol. The SMILES string of the molecule is O=C(Nc1ccccc1C(F)(F)F)c1ccsc1/N=C/c1ccc(Cl)cc1. The van der Waals surface area contributed by atoms with E-state index in [0.29, 0.717) is 10.0 Å². The van der Waals surface area contributed by atoms with Crippen LogP contribution in [0.1, 0.15) is 21.5 Å². The van der Waals surface area contributed by atoms with Crippen molar-refractivity contribution in [3.63, 3.8) is 0 Å². The summed E-state index contributed by atoms with van der Waals surface area (Å²) in [5.74, 6) is -0.656. The van der Waals surface area contributed by atoms with E-state index in [0.717, 1.165) is 11.6 Å². The molecule has 0 spiro atoms. The van der Waals surface area contributed by atoms with Gasteiger partial charge in [0.15, 0.2) is 0 Å². The van der Waals surface area contributed by atoms with Crippen LogP contribution in [-0.2, 0) is 6.18 Å². The molecule has 27 heavy (non-hydrogen) atoms. The number of carbonyl (C=O) groups excluding carboxylic acids is 1. The Morgan fingerprint density at radius 3 is 2.48 bits per heavy atom. The van der Waals surface area contributed by atoms with E-state index in [-0.39, 0.29) is 11.3 Å². The van der Waals surface area contributed by atoms with Gasteiger partial charge in [-0.2, -0.15) is 13.2 Å². The average Bonchev–Trinajstić information content (AvgIpc) is 3.09. The molecule has 8 heteroatoms. The highest BCUT2D eigenvalue weighted by Crippen LogP contribution is 2.35. The number of carbonyl (C=O) groups is 1. The fourth-order valence-corrected chi connectivity index (χ4v) is 3.15. The predicted octanol–water partition coefficient (Wildman–Crippen LogP) is 6.42. The molecule has 3 nitrogen and oxygen atoms in total. The summed E-state index contributed by atoms with van der Waals surface area (Å²) in [4.78, 5) is 16.7. The van der Waals surface area contributed by atoms with Crippen LogP contribution in [0.2, 0.25) is 5.02 Å². The number of anilines is 1. The van der Waals surface area contributed by atoms with Crippen LogP contribution in [0.15, 0.2) is 65.0 Å². The molecular weight excluding hydrogens is 397 g/mol. The number of alkyl halides is 3. The normalized spacial score (nSPS) is 11.7. The Kier molecular flexibility index (Phi) is 5.62. The Labute approximate surface area is 162 Å². The van der Waals surface area contributed by atoms with E-state index in [4.69, 9.17) is 11.6 Å². The van der Waals surface area contributed by atoms with Gasteiger partial charge in [0.2, 0.25) is 0 Å². The highest BCUT2D eigenvalue weighted by Gasteiger charge is 2.33. The number of hydrogen-bond acceptors (Lipinski definition) is 3. The standard InChI is InChI=1S/C19H12ClF3N2OS/c20-13-7-5-12(6-8-13)11-24-18-14(9-10-27-18)17(26)25-16-4-2-1-3-15(16)19(21,22)23/h1-11H,(H,25,26)/b24-11+. The van der Waals surface area contributed by atoms with Crippen LogP contribution in [0, 0.1) is 0 Å². The zero-order valence-corrected chi connectivity index (χ0v) is 15.2. The highest BCUT2D eigenvalue weighted by atomic mass is 35.5. The van der Waals surface area contributed by atoms with Crippen LogP contribution in [0.25, 0.3) is 0 Å². The second-order valence-corrected chi connectivity index (χ2v) is 6.78. The monoisotopic (exact) mass is 408 g/mol. The van der Waals surface area contributed by atoms with E-state index in [1.807, 2.05) is 0 Å². The molecule has 0 fully saturated rings. The fourth-order valence-electron chi connectivity index (χ4n) is 2.29. The first-order valence-corrected chi connectivity index (χ1v) is 8.95. The molecule has 0 unspecified atom stereocenters. The Bertz CT molecular complexity index is 981. The first kappa shape index (κ1) is 19.1.